The highest BCUT2D eigenvalue weighted by molar-refractivity contribution is 5.96. The molecule has 0 bridgehead atoms. The third kappa shape index (κ3) is 9.33. The number of ether oxygens (including phenoxy) is 2. The lowest BCUT2D eigenvalue weighted by atomic mass is 10.1. The number of nitrogens with one attached hydrogen (secondary N) is 1. The van der Waals surface area contributed by atoms with Crippen LogP contribution in [0.15, 0.2) is 36.4 Å². The largest absolute Gasteiger partial charge is 0.481 e. The van der Waals surface area contributed by atoms with Crippen molar-refractivity contribution in [3.63, 3.8) is 0 Å². The Hall–Kier alpha value is -5.29. The molecule has 2 aromatic rings. The van der Waals surface area contributed by atoms with Crippen LogP contribution in [0.1, 0.15) is 55.9 Å². The van der Waals surface area contributed by atoms with Crippen LogP contribution in [0.4, 0.5) is 13.6 Å². The summed E-state index contributed by atoms with van der Waals surface area (Å²) in [4.78, 5) is 82.8. The van der Waals surface area contributed by atoms with Crippen LogP contribution in [0.5, 0.6) is 5.88 Å². The first-order valence-electron chi connectivity index (χ1n) is 17.3. The highest BCUT2D eigenvalue weighted by Gasteiger charge is 2.41. The number of halogens is 2. The minimum Gasteiger partial charge on any atom is -0.481 e. The lowest BCUT2D eigenvalue weighted by Gasteiger charge is -2.35. The van der Waals surface area contributed by atoms with Crippen molar-refractivity contribution < 1.29 is 52.1 Å². The van der Waals surface area contributed by atoms with E-state index in [1.54, 1.807) is 37.3 Å². The number of carboxylic acid groups (broad SMARTS) is 1. The number of nitrogens with zero attached hydrogens (tertiary/aromatic N) is 6. The van der Waals surface area contributed by atoms with Crippen LogP contribution in [0.3, 0.4) is 0 Å². The molecule has 5 rings (SSSR count). The number of hydrogen-bond donors (Lipinski definition) is 2. The van der Waals surface area contributed by atoms with E-state index in [0.717, 1.165) is 0 Å². The summed E-state index contributed by atoms with van der Waals surface area (Å²) >= 11 is 0. The molecule has 3 fully saturated rings. The van der Waals surface area contributed by atoms with Gasteiger partial charge in [-0.2, -0.15) is 5.10 Å². The number of benzene rings is 1. The highest BCUT2D eigenvalue weighted by Crippen LogP contribution is 2.30. The van der Waals surface area contributed by atoms with E-state index < -0.39 is 73.7 Å². The zero-order valence-electron chi connectivity index (χ0n) is 28.9. The SMILES string of the molecule is CCOC(=O)N1CCN(C(=O)[C@H](CCC(=O)O)NC(=O)c2cc(OCC(=O)N3CCC[C@H]3C(=O)N3CCC(F)(F)CC3)n(-c3ccccc3)n2)CC1. The van der Waals surface area contributed by atoms with E-state index in [1.165, 1.54) is 30.3 Å². The van der Waals surface area contributed by atoms with Crippen LogP contribution < -0.4 is 10.1 Å². The summed E-state index contributed by atoms with van der Waals surface area (Å²) in [6.45, 7) is 2.21. The number of aliphatic carboxylic acids is 1. The Morgan fingerprint density at radius 1 is 0.962 bits per heavy atom. The van der Waals surface area contributed by atoms with Gasteiger partial charge in [-0.3, -0.25) is 24.0 Å². The molecule has 4 heterocycles. The van der Waals surface area contributed by atoms with E-state index in [-0.39, 0.29) is 76.3 Å². The molecule has 0 unspecified atom stereocenters. The Balaban J connectivity index is 1.27. The molecule has 0 saturated carbocycles. The molecule has 5 amide bonds. The first-order chi connectivity index (χ1) is 24.9. The predicted octanol–water partition coefficient (Wildman–Crippen LogP) is 1.76. The molecule has 1 aromatic heterocycles. The molecule has 2 N–H and O–H groups in total. The topological polar surface area (TPSA) is 184 Å². The van der Waals surface area contributed by atoms with E-state index in [4.69, 9.17) is 9.47 Å². The number of aromatic nitrogens is 2. The number of piperidine rings is 1. The maximum absolute atomic E-state index is 13.7. The summed E-state index contributed by atoms with van der Waals surface area (Å²) in [7, 11) is 0. The van der Waals surface area contributed by atoms with Gasteiger partial charge in [0.1, 0.15) is 12.1 Å². The fourth-order valence-electron chi connectivity index (χ4n) is 6.44. The molecule has 3 aliphatic heterocycles. The van der Waals surface area contributed by atoms with Crippen molar-refractivity contribution in [3.05, 3.63) is 42.1 Å². The fraction of sp³-hybridized carbons (Fsp3) is 0.559. The Morgan fingerprint density at radius 2 is 1.63 bits per heavy atom. The second kappa shape index (κ2) is 16.8. The molecule has 16 nitrogen and oxygen atoms in total. The fourth-order valence-corrected chi connectivity index (χ4v) is 6.44. The van der Waals surface area contributed by atoms with Crippen molar-refractivity contribution in [1.29, 1.82) is 0 Å². The Morgan fingerprint density at radius 3 is 2.29 bits per heavy atom. The van der Waals surface area contributed by atoms with Crippen LogP contribution >= 0.6 is 0 Å². The van der Waals surface area contributed by atoms with Crippen LogP contribution in [0.25, 0.3) is 5.69 Å². The zero-order chi connectivity index (χ0) is 37.4. The van der Waals surface area contributed by atoms with Crippen molar-refractivity contribution in [2.75, 3.05) is 59.0 Å². The van der Waals surface area contributed by atoms with Crippen molar-refractivity contribution >= 4 is 35.7 Å². The van der Waals surface area contributed by atoms with Gasteiger partial charge in [0.05, 0.1) is 12.3 Å². The van der Waals surface area contributed by atoms with Gasteiger partial charge in [0.2, 0.25) is 17.7 Å². The number of carbonyl (C=O) groups is 6. The van der Waals surface area contributed by atoms with E-state index in [1.807, 2.05) is 0 Å². The molecule has 1 aromatic carbocycles. The summed E-state index contributed by atoms with van der Waals surface area (Å²) in [6, 6.07) is 7.87. The zero-order valence-corrected chi connectivity index (χ0v) is 28.9. The van der Waals surface area contributed by atoms with Gasteiger partial charge in [0, 0.05) is 71.1 Å². The number of alkyl halides is 2. The van der Waals surface area contributed by atoms with Gasteiger partial charge < -0.3 is 39.5 Å². The molecule has 0 radical (unpaired) electrons. The number of rotatable bonds is 12. The number of carbonyl (C=O) groups excluding carboxylic acids is 5. The van der Waals surface area contributed by atoms with E-state index in [2.05, 4.69) is 10.4 Å². The number of likely N-dealkylation sites (tertiary alicyclic amines) is 2. The molecule has 3 saturated heterocycles. The van der Waals surface area contributed by atoms with Crippen molar-refractivity contribution in [3.8, 4) is 11.6 Å². The van der Waals surface area contributed by atoms with Gasteiger partial charge in [0.25, 0.3) is 17.7 Å². The van der Waals surface area contributed by atoms with E-state index in [0.29, 0.717) is 18.5 Å². The highest BCUT2D eigenvalue weighted by atomic mass is 19.3. The number of piperazine rings is 1. The number of hydrogen-bond acceptors (Lipinski definition) is 9. The standard InChI is InChI=1S/C34H43F2N7O9/c1-2-51-33(50)41-19-17-40(18-20-41)31(48)24(10-11-29(45)46)37-30(47)25-21-28(43(38-25)23-7-4-3-5-8-23)52-22-27(44)42-14-6-9-26(42)32(49)39-15-12-34(35,36)13-16-39/h3-5,7-8,21,24,26H,2,6,9-20,22H2,1H3,(H,37,47)(H,45,46)/t24-,26-/m0/s1. The molecule has 3 aliphatic rings. The van der Waals surface area contributed by atoms with Crippen molar-refractivity contribution in [2.45, 2.75) is 63.5 Å². The van der Waals surface area contributed by atoms with Gasteiger partial charge in [0.15, 0.2) is 12.3 Å². The molecule has 282 valence electrons. The van der Waals surface area contributed by atoms with Crippen LogP contribution in [-0.2, 0) is 23.9 Å². The first kappa shape index (κ1) is 38.0. The second-order valence-electron chi connectivity index (χ2n) is 12.8. The van der Waals surface area contributed by atoms with Gasteiger partial charge in [-0.25, -0.2) is 18.3 Å². The monoisotopic (exact) mass is 731 g/mol. The number of amides is 5. The lowest BCUT2D eigenvalue weighted by molar-refractivity contribution is -0.148. The minimum absolute atomic E-state index is 0.00790. The van der Waals surface area contributed by atoms with Gasteiger partial charge >= 0.3 is 12.1 Å². The number of para-hydroxylation sites is 1. The predicted molar refractivity (Wildman–Crippen MR) is 178 cm³/mol. The van der Waals surface area contributed by atoms with Gasteiger partial charge in [-0.05, 0) is 38.3 Å². The van der Waals surface area contributed by atoms with Gasteiger partial charge in [-0.15, -0.1) is 0 Å². The average molecular weight is 732 g/mol. The quantitative estimate of drug-likeness (QED) is 0.326. The molecule has 18 heteroatoms. The van der Waals surface area contributed by atoms with E-state index in [9.17, 15) is 42.7 Å². The third-order valence-electron chi connectivity index (χ3n) is 9.29. The smallest absolute Gasteiger partial charge is 0.409 e. The Labute approximate surface area is 298 Å². The molecule has 0 spiro atoms. The third-order valence-corrected chi connectivity index (χ3v) is 9.29. The van der Waals surface area contributed by atoms with Crippen molar-refractivity contribution in [1.82, 2.24) is 34.7 Å². The normalized spacial score (nSPS) is 19.2. The summed E-state index contributed by atoms with van der Waals surface area (Å²) in [6.07, 6.45) is -1.01. The average Bonchev–Trinajstić information content (AvgIpc) is 3.81. The summed E-state index contributed by atoms with van der Waals surface area (Å²) in [5, 5.41) is 16.3. The van der Waals surface area contributed by atoms with Gasteiger partial charge in [-0.1, -0.05) is 18.2 Å². The van der Waals surface area contributed by atoms with Crippen LogP contribution in [0, 0.1) is 0 Å². The summed E-state index contributed by atoms with van der Waals surface area (Å²) in [5.41, 5.74) is 0.306. The van der Waals surface area contributed by atoms with Crippen LogP contribution in [-0.4, -0.2) is 147 Å². The molecular weight excluding hydrogens is 688 g/mol. The van der Waals surface area contributed by atoms with Crippen LogP contribution in [0.2, 0.25) is 0 Å². The summed E-state index contributed by atoms with van der Waals surface area (Å²) < 4.78 is 39.6. The molecular formula is C34H43F2N7O9. The Kier molecular flexibility index (Phi) is 12.3. The maximum Gasteiger partial charge on any atom is 0.409 e. The maximum atomic E-state index is 13.7. The second-order valence-corrected chi connectivity index (χ2v) is 12.8. The first-order valence-corrected chi connectivity index (χ1v) is 17.3. The number of carboxylic acids is 1. The van der Waals surface area contributed by atoms with Crippen molar-refractivity contribution in [2.24, 2.45) is 0 Å². The molecule has 52 heavy (non-hydrogen) atoms. The minimum atomic E-state index is -2.81. The molecule has 2 atom stereocenters. The molecule has 0 aliphatic carbocycles. The van der Waals surface area contributed by atoms with E-state index >= 15 is 0 Å². The summed E-state index contributed by atoms with van der Waals surface area (Å²) in [5.74, 6) is -6.16. The Bertz CT molecular complexity index is 1620. The lowest BCUT2D eigenvalue weighted by Crippen LogP contribution is -2.56.